The van der Waals surface area contributed by atoms with Crippen LogP contribution in [-0.2, 0) is 4.79 Å². The topological polar surface area (TPSA) is 47.3 Å². The summed E-state index contributed by atoms with van der Waals surface area (Å²) in [6, 6.07) is 2.20. The number of unbranched alkanes of at least 4 members (excludes halogenated alkanes) is 1. The zero-order chi connectivity index (χ0) is 14.2. The maximum Gasteiger partial charge on any atom is 0.225 e. The van der Waals surface area contributed by atoms with E-state index in [-0.39, 0.29) is 5.92 Å². The van der Waals surface area contributed by atoms with Crippen LogP contribution in [0.2, 0.25) is 0 Å². The molecule has 2 aliphatic heterocycles. The van der Waals surface area contributed by atoms with Crippen molar-refractivity contribution in [2.24, 2.45) is 5.92 Å². The van der Waals surface area contributed by atoms with Crippen LogP contribution in [0.3, 0.4) is 0 Å². The number of amides is 1. The number of hydrogen-bond acceptors (Lipinski definition) is 3. The molecule has 0 atom stereocenters. The highest BCUT2D eigenvalue weighted by molar-refractivity contribution is 5.79. The lowest BCUT2D eigenvalue weighted by Crippen LogP contribution is -2.43. The summed E-state index contributed by atoms with van der Waals surface area (Å²) in [5.74, 6) is 0.656. The molecule has 0 N–H and O–H groups in total. The van der Waals surface area contributed by atoms with Gasteiger partial charge in [-0.25, -0.2) is 0 Å². The first-order valence-corrected chi connectivity index (χ1v) is 8.19. The second-order valence-electron chi connectivity index (χ2n) is 6.12. The largest absolute Gasteiger partial charge is 0.342 e. The molecular formula is C16H27N3O. The average Bonchev–Trinajstić information content (AvgIpc) is 2.77. The molecule has 0 spiro atoms. The molecule has 4 heteroatoms. The second-order valence-corrected chi connectivity index (χ2v) is 6.12. The minimum Gasteiger partial charge on any atom is -0.342 e. The van der Waals surface area contributed by atoms with Crippen LogP contribution < -0.4 is 0 Å². The van der Waals surface area contributed by atoms with Crippen LogP contribution in [0.15, 0.2) is 0 Å². The highest BCUT2D eigenvalue weighted by Gasteiger charge is 2.28. The van der Waals surface area contributed by atoms with E-state index in [1.807, 2.05) is 0 Å². The van der Waals surface area contributed by atoms with E-state index in [0.717, 1.165) is 52.0 Å². The molecule has 0 aliphatic carbocycles. The number of nitrogens with zero attached hydrogens (tertiary/aromatic N) is 3. The molecule has 2 fully saturated rings. The molecule has 0 unspecified atom stereocenters. The molecule has 20 heavy (non-hydrogen) atoms. The van der Waals surface area contributed by atoms with E-state index >= 15 is 0 Å². The van der Waals surface area contributed by atoms with Crippen molar-refractivity contribution >= 4 is 5.91 Å². The van der Waals surface area contributed by atoms with Crippen LogP contribution in [0.5, 0.6) is 0 Å². The van der Waals surface area contributed by atoms with Gasteiger partial charge in [-0.1, -0.05) is 12.8 Å². The van der Waals surface area contributed by atoms with Crippen molar-refractivity contribution in [3.63, 3.8) is 0 Å². The first-order valence-electron chi connectivity index (χ1n) is 8.19. The standard InChI is InChI=1S/C16H27N3O/c17-9-3-6-10-18-13-7-15(8-14-18)16(20)19-11-4-1-2-5-12-19/h15H,1-8,10-14H2. The third-order valence-corrected chi connectivity index (χ3v) is 4.62. The first-order chi connectivity index (χ1) is 9.81. The Morgan fingerprint density at radius 1 is 1.05 bits per heavy atom. The van der Waals surface area contributed by atoms with Gasteiger partial charge in [0.1, 0.15) is 0 Å². The van der Waals surface area contributed by atoms with Gasteiger partial charge in [0.2, 0.25) is 5.91 Å². The highest BCUT2D eigenvalue weighted by Crippen LogP contribution is 2.21. The summed E-state index contributed by atoms with van der Waals surface area (Å²) in [5, 5.41) is 8.56. The number of likely N-dealkylation sites (tertiary alicyclic amines) is 2. The number of piperidine rings is 1. The molecule has 2 saturated heterocycles. The maximum atomic E-state index is 12.5. The van der Waals surface area contributed by atoms with Gasteiger partial charge in [-0.15, -0.1) is 0 Å². The molecule has 112 valence electrons. The predicted octanol–water partition coefficient (Wildman–Crippen LogP) is 2.40. The van der Waals surface area contributed by atoms with Gasteiger partial charge in [-0.3, -0.25) is 4.79 Å². The van der Waals surface area contributed by atoms with Crippen LogP contribution in [0.1, 0.15) is 51.4 Å². The molecule has 0 radical (unpaired) electrons. The van der Waals surface area contributed by atoms with E-state index in [9.17, 15) is 4.79 Å². The van der Waals surface area contributed by atoms with Gasteiger partial charge in [0.15, 0.2) is 0 Å². The van der Waals surface area contributed by atoms with Gasteiger partial charge < -0.3 is 9.80 Å². The summed E-state index contributed by atoms with van der Waals surface area (Å²) in [4.78, 5) is 17.1. The van der Waals surface area contributed by atoms with Gasteiger partial charge in [0.05, 0.1) is 6.07 Å². The number of rotatable bonds is 4. The van der Waals surface area contributed by atoms with Crippen LogP contribution in [-0.4, -0.2) is 48.4 Å². The Kier molecular flexibility index (Phi) is 6.32. The van der Waals surface area contributed by atoms with Crippen molar-refractivity contribution in [3.8, 4) is 6.07 Å². The lowest BCUT2D eigenvalue weighted by atomic mass is 9.95. The van der Waals surface area contributed by atoms with E-state index in [0.29, 0.717) is 12.3 Å². The molecular weight excluding hydrogens is 250 g/mol. The summed E-state index contributed by atoms with van der Waals surface area (Å²) >= 11 is 0. The van der Waals surface area contributed by atoms with Crippen LogP contribution >= 0.6 is 0 Å². The molecule has 2 aliphatic rings. The maximum absolute atomic E-state index is 12.5. The molecule has 0 aromatic rings. The normalized spacial score (nSPS) is 22.2. The smallest absolute Gasteiger partial charge is 0.225 e. The zero-order valence-corrected chi connectivity index (χ0v) is 12.5. The lowest BCUT2D eigenvalue weighted by Gasteiger charge is -2.33. The minimum absolute atomic E-state index is 0.250. The predicted molar refractivity (Wildman–Crippen MR) is 79.1 cm³/mol. The van der Waals surface area contributed by atoms with Crippen molar-refractivity contribution < 1.29 is 4.79 Å². The Bertz CT molecular complexity index is 334. The Balaban J connectivity index is 1.72. The molecule has 2 heterocycles. The molecule has 0 bridgehead atoms. The summed E-state index contributed by atoms with van der Waals surface area (Å²) in [5.41, 5.74) is 0. The first kappa shape index (κ1) is 15.3. The van der Waals surface area contributed by atoms with E-state index in [1.54, 1.807) is 0 Å². The summed E-state index contributed by atoms with van der Waals surface area (Å²) in [6.07, 6.45) is 8.53. The van der Waals surface area contributed by atoms with Crippen LogP contribution in [0, 0.1) is 17.2 Å². The van der Waals surface area contributed by atoms with Gasteiger partial charge in [-0.05, 0) is 51.7 Å². The fourth-order valence-electron chi connectivity index (χ4n) is 3.33. The van der Waals surface area contributed by atoms with Gasteiger partial charge in [-0.2, -0.15) is 5.26 Å². The number of hydrogen-bond donors (Lipinski definition) is 0. The monoisotopic (exact) mass is 277 g/mol. The van der Waals surface area contributed by atoms with Crippen molar-refractivity contribution in [2.45, 2.75) is 51.4 Å². The van der Waals surface area contributed by atoms with Gasteiger partial charge in [0, 0.05) is 25.4 Å². The quantitative estimate of drug-likeness (QED) is 0.741. The number of nitriles is 1. The molecule has 2 rings (SSSR count). The Hall–Kier alpha value is -1.08. The fourth-order valence-corrected chi connectivity index (χ4v) is 3.33. The van der Waals surface area contributed by atoms with E-state index < -0.39 is 0 Å². The average molecular weight is 277 g/mol. The Morgan fingerprint density at radius 3 is 2.30 bits per heavy atom. The summed E-state index contributed by atoms with van der Waals surface area (Å²) in [7, 11) is 0. The Labute approximate surface area is 122 Å². The van der Waals surface area contributed by atoms with Crippen LogP contribution in [0.4, 0.5) is 0 Å². The highest BCUT2D eigenvalue weighted by atomic mass is 16.2. The molecule has 4 nitrogen and oxygen atoms in total. The van der Waals surface area contributed by atoms with E-state index in [1.165, 1.54) is 25.7 Å². The van der Waals surface area contributed by atoms with Crippen molar-refractivity contribution in [1.29, 1.82) is 5.26 Å². The Morgan fingerprint density at radius 2 is 1.70 bits per heavy atom. The van der Waals surface area contributed by atoms with Crippen molar-refractivity contribution in [1.82, 2.24) is 9.80 Å². The summed E-state index contributed by atoms with van der Waals surface area (Å²) < 4.78 is 0. The zero-order valence-electron chi connectivity index (χ0n) is 12.5. The van der Waals surface area contributed by atoms with E-state index in [4.69, 9.17) is 5.26 Å². The van der Waals surface area contributed by atoms with E-state index in [2.05, 4.69) is 15.9 Å². The van der Waals surface area contributed by atoms with Crippen LogP contribution in [0.25, 0.3) is 0 Å². The SMILES string of the molecule is N#CCCCN1CCC(C(=O)N2CCCCCC2)CC1. The minimum atomic E-state index is 0.250. The van der Waals surface area contributed by atoms with Crippen molar-refractivity contribution in [3.05, 3.63) is 0 Å². The second kappa shape index (κ2) is 8.26. The number of carbonyl (C=O) groups is 1. The molecule has 0 aromatic heterocycles. The molecule has 0 aromatic carbocycles. The lowest BCUT2D eigenvalue weighted by molar-refractivity contribution is -0.137. The summed E-state index contributed by atoms with van der Waals surface area (Å²) in [6.45, 7) is 5.01. The third kappa shape index (κ3) is 4.49. The van der Waals surface area contributed by atoms with Crippen molar-refractivity contribution in [2.75, 3.05) is 32.7 Å². The number of carbonyl (C=O) groups excluding carboxylic acids is 1. The van der Waals surface area contributed by atoms with Gasteiger partial charge in [0.25, 0.3) is 0 Å². The third-order valence-electron chi connectivity index (χ3n) is 4.62. The molecule has 0 saturated carbocycles. The fraction of sp³-hybridized carbons (Fsp3) is 0.875. The van der Waals surface area contributed by atoms with Gasteiger partial charge >= 0.3 is 0 Å². The molecule has 1 amide bonds.